The minimum absolute atomic E-state index is 0.381. The molecule has 0 bridgehead atoms. The summed E-state index contributed by atoms with van der Waals surface area (Å²) in [5, 5.41) is 0. The molecule has 1 aromatic heterocycles. The second kappa shape index (κ2) is 4.90. The summed E-state index contributed by atoms with van der Waals surface area (Å²) in [4.78, 5) is 5.77. The second-order valence-electron chi connectivity index (χ2n) is 3.50. The molecule has 1 nitrogen and oxygen atoms in total. The van der Waals surface area contributed by atoms with Gasteiger partial charge < -0.3 is 0 Å². The number of nitrogens with zero attached hydrogens (tertiary/aromatic N) is 1. The van der Waals surface area contributed by atoms with E-state index in [0.717, 1.165) is 6.42 Å². The average Bonchev–Trinajstić information content (AvgIpc) is 2.74. The van der Waals surface area contributed by atoms with Crippen LogP contribution in [-0.2, 0) is 6.42 Å². The van der Waals surface area contributed by atoms with Gasteiger partial charge in [-0.2, -0.15) is 0 Å². The Kier molecular flexibility index (Phi) is 3.54. The lowest BCUT2D eigenvalue weighted by molar-refractivity contribution is 0.953. The molecular formula is C12H12BrNS. The van der Waals surface area contributed by atoms with Crippen molar-refractivity contribution >= 4 is 27.3 Å². The summed E-state index contributed by atoms with van der Waals surface area (Å²) >= 11 is 5.40. The van der Waals surface area contributed by atoms with E-state index in [2.05, 4.69) is 52.1 Å². The Morgan fingerprint density at radius 3 is 2.87 bits per heavy atom. The van der Waals surface area contributed by atoms with Crippen LogP contribution in [0.5, 0.6) is 0 Å². The van der Waals surface area contributed by atoms with Gasteiger partial charge in [0.15, 0.2) is 0 Å². The quantitative estimate of drug-likeness (QED) is 0.771. The van der Waals surface area contributed by atoms with Crippen LogP contribution in [0.2, 0.25) is 0 Å². The van der Waals surface area contributed by atoms with Crippen LogP contribution in [0.25, 0.3) is 0 Å². The largest absolute Gasteiger partial charge is 0.253 e. The number of rotatable bonds is 3. The zero-order chi connectivity index (χ0) is 10.7. The van der Waals surface area contributed by atoms with Crippen molar-refractivity contribution in [2.45, 2.75) is 18.2 Å². The van der Waals surface area contributed by atoms with Gasteiger partial charge in [0.25, 0.3) is 0 Å². The molecule has 0 aliphatic carbocycles. The number of aryl methyl sites for hydroxylation is 1. The Hall–Kier alpha value is -0.670. The standard InChI is InChI=1S/C12H12BrNS/c1-9-4-2-3-5-10(9)6-11(13)12-7-14-8-15-12/h2-5,7-8,11H,6H2,1H3. The predicted octanol–water partition coefficient (Wildman–Crippen LogP) is 4.13. The van der Waals surface area contributed by atoms with Gasteiger partial charge in [-0.25, -0.2) is 0 Å². The first-order valence-electron chi connectivity index (χ1n) is 4.84. The van der Waals surface area contributed by atoms with Crippen LogP contribution in [0.15, 0.2) is 36.0 Å². The molecule has 0 aliphatic rings. The zero-order valence-electron chi connectivity index (χ0n) is 8.48. The molecule has 1 unspecified atom stereocenters. The van der Waals surface area contributed by atoms with E-state index in [1.54, 1.807) is 11.3 Å². The van der Waals surface area contributed by atoms with Gasteiger partial charge in [0.1, 0.15) is 0 Å². The van der Waals surface area contributed by atoms with Crippen LogP contribution in [-0.4, -0.2) is 4.98 Å². The average molecular weight is 282 g/mol. The molecule has 15 heavy (non-hydrogen) atoms. The van der Waals surface area contributed by atoms with Crippen molar-refractivity contribution in [3.8, 4) is 0 Å². The first-order chi connectivity index (χ1) is 7.27. The molecule has 2 rings (SSSR count). The molecule has 1 heterocycles. The number of hydrogen-bond acceptors (Lipinski definition) is 2. The van der Waals surface area contributed by atoms with Crippen LogP contribution in [0.4, 0.5) is 0 Å². The Bertz CT molecular complexity index is 425. The number of alkyl halides is 1. The molecule has 0 saturated heterocycles. The number of halogens is 1. The maximum Gasteiger partial charge on any atom is 0.0794 e. The predicted molar refractivity (Wildman–Crippen MR) is 68.7 cm³/mol. The highest BCUT2D eigenvalue weighted by Gasteiger charge is 2.10. The number of aromatic nitrogens is 1. The molecule has 3 heteroatoms. The highest BCUT2D eigenvalue weighted by Crippen LogP contribution is 2.30. The third-order valence-corrected chi connectivity index (χ3v) is 4.43. The summed E-state index contributed by atoms with van der Waals surface area (Å²) in [5.41, 5.74) is 4.63. The summed E-state index contributed by atoms with van der Waals surface area (Å²) in [7, 11) is 0. The van der Waals surface area contributed by atoms with Gasteiger partial charge >= 0.3 is 0 Å². The number of benzene rings is 1. The molecular weight excluding hydrogens is 270 g/mol. The Balaban J connectivity index is 2.13. The van der Waals surface area contributed by atoms with Gasteiger partial charge in [0.05, 0.1) is 10.3 Å². The molecule has 0 amide bonds. The molecule has 0 radical (unpaired) electrons. The molecule has 2 aromatic rings. The van der Waals surface area contributed by atoms with Gasteiger partial charge in [-0.05, 0) is 24.5 Å². The van der Waals surface area contributed by atoms with Crippen molar-refractivity contribution in [3.63, 3.8) is 0 Å². The summed E-state index contributed by atoms with van der Waals surface area (Å²) < 4.78 is 0. The highest BCUT2D eigenvalue weighted by molar-refractivity contribution is 9.09. The first kappa shape index (κ1) is 10.8. The van der Waals surface area contributed by atoms with Crippen LogP contribution in [0, 0.1) is 6.92 Å². The third kappa shape index (κ3) is 2.67. The van der Waals surface area contributed by atoms with Gasteiger partial charge in [-0.3, -0.25) is 4.98 Å². The van der Waals surface area contributed by atoms with E-state index < -0.39 is 0 Å². The Morgan fingerprint density at radius 2 is 2.20 bits per heavy atom. The summed E-state index contributed by atoms with van der Waals surface area (Å²) in [6, 6.07) is 8.51. The smallest absolute Gasteiger partial charge is 0.0794 e. The molecule has 0 spiro atoms. The van der Waals surface area contributed by atoms with Crippen LogP contribution in [0.1, 0.15) is 20.8 Å². The van der Waals surface area contributed by atoms with Crippen molar-refractivity contribution in [2.75, 3.05) is 0 Å². The highest BCUT2D eigenvalue weighted by atomic mass is 79.9. The molecule has 78 valence electrons. The molecule has 1 aromatic carbocycles. The van der Waals surface area contributed by atoms with E-state index in [4.69, 9.17) is 0 Å². The van der Waals surface area contributed by atoms with Gasteiger partial charge in [0.2, 0.25) is 0 Å². The fourth-order valence-electron chi connectivity index (χ4n) is 1.51. The molecule has 0 fully saturated rings. The van der Waals surface area contributed by atoms with Crippen molar-refractivity contribution < 1.29 is 0 Å². The topological polar surface area (TPSA) is 12.9 Å². The molecule has 0 aliphatic heterocycles. The maximum absolute atomic E-state index is 4.10. The maximum atomic E-state index is 4.10. The van der Waals surface area contributed by atoms with E-state index in [-0.39, 0.29) is 0 Å². The second-order valence-corrected chi connectivity index (χ2v) is 5.53. The third-order valence-electron chi connectivity index (χ3n) is 2.42. The van der Waals surface area contributed by atoms with E-state index >= 15 is 0 Å². The first-order valence-corrected chi connectivity index (χ1v) is 6.64. The lowest BCUT2D eigenvalue weighted by Crippen LogP contribution is -1.95. The van der Waals surface area contributed by atoms with Crippen LogP contribution >= 0.6 is 27.3 Å². The summed E-state index contributed by atoms with van der Waals surface area (Å²) in [6.07, 6.45) is 2.96. The summed E-state index contributed by atoms with van der Waals surface area (Å²) in [6.45, 7) is 2.15. The normalized spacial score (nSPS) is 12.7. The van der Waals surface area contributed by atoms with Gasteiger partial charge in [0, 0.05) is 11.1 Å². The summed E-state index contributed by atoms with van der Waals surface area (Å²) in [5.74, 6) is 0. The van der Waals surface area contributed by atoms with Crippen molar-refractivity contribution in [1.82, 2.24) is 4.98 Å². The molecule has 0 saturated carbocycles. The van der Waals surface area contributed by atoms with E-state index in [0.29, 0.717) is 4.83 Å². The number of hydrogen-bond donors (Lipinski definition) is 0. The van der Waals surface area contributed by atoms with Gasteiger partial charge in [-0.15, -0.1) is 11.3 Å². The number of thiazole rings is 1. The minimum atomic E-state index is 0.381. The Morgan fingerprint density at radius 1 is 1.40 bits per heavy atom. The monoisotopic (exact) mass is 281 g/mol. The van der Waals surface area contributed by atoms with Crippen LogP contribution < -0.4 is 0 Å². The molecule has 0 N–H and O–H groups in total. The zero-order valence-corrected chi connectivity index (χ0v) is 10.9. The van der Waals surface area contributed by atoms with Gasteiger partial charge in [-0.1, -0.05) is 40.2 Å². The van der Waals surface area contributed by atoms with E-state index in [1.165, 1.54) is 16.0 Å². The SMILES string of the molecule is Cc1ccccc1CC(Br)c1cncs1. The van der Waals surface area contributed by atoms with E-state index in [9.17, 15) is 0 Å². The molecule has 1 atom stereocenters. The Labute approximate surface area is 102 Å². The van der Waals surface area contributed by atoms with E-state index in [1.807, 2.05) is 11.7 Å². The lowest BCUT2D eigenvalue weighted by Gasteiger charge is -2.09. The lowest BCUT2D eigenvalue weighted by atomic mass is 10.0. The minimum Gasteiger partial charge on any atom is -0.253 e. The fourth-order valence-corrected chi connectivity index (χ4v) is 2.90. The fraction of sp³-hybridized carbons (Fsp3) is 0.250. The van der Waals surface area contributed by atoms with Crippen LogP contribution in [0.3, 0.4) is 0 Å². The van der Waals surface area contributed by atoms with Crippen molar-refractivity contribution in [3.05, 3.63) is 52.0 Å². The van der Waals surface area contributed by atoms with Crippen molar-refractivity contribution in [1.29, 1.82) is 0 Å². The van der Waals surface area contributed by atoms with Crippen molar-refractivity contribution in [2.24, 2.45) is 0 Å².